The number of anilines is 2. The molecule has 1 amide bonds. The van der Waals surface area contributed by atoms with E-state index in [0.717, 1.165) is 0 Å². The van der Waals surface area contributed by atoms with Gasteiger partial charge in [0.1, 0.15) is 0 Å². The lowest BCUT2D eigenvalue weighted by Crippen LogP contribution is -2.40. The summed E-state index contributed by atoms with van der Waals surface area (Å²) in [5.41, 5.74) is 1.07. The van der Waals surface area contributed by atoms with Crippen LogP contribution < -0.4 is 10.2 Å². The highest BCUT2D eigenvalue weighted by molar-refractivity contribution is 6.02. The van der Waals surface area contributed by atoms with Crippen molar-refractivity contribution in [3.8, 4) is 0 Å². The molecule has 0 aromatic heterocycles. The molecule has 1 aromatic rings. The predicted octanol–water partition coefficient (Wildman–Crippen LogP) is 1.80. The quantitative estimate of drug-likeness (QED) is 0.795. The zero-order chi connectivity index (χ0) is 13.5. The average Bonchev–Trinajstić information content (AvgIpc) is 2.41. The molecule has 0 atom stereocenters. The number of fused-ring (bicyclic) bond motifs is 1. The minimum atomic E-state index is -0.975. The van der Waals surface area contributed by atoms with Crippen LogP contribution in [0.5, 0.6) is 0 Å². The van der Waals surface area contributed by atoms with Crippen LogP contribution in [0.15, 0.2) is 18.2 Å². The van der Waals surface area contributed by atoms with Crippen molar-refractivity contribution >= 4 is 23.3 Å². The lowest BCUT2D eigenvalue weighted by atomic mass is 9.92. The van der Waals surface area contributed by atoms with Gasteiger partial charge in [0, 0.05) is 13.6 Å². The number of aromatic carboxylic acids is 1. The number of carbonyl (C=O) groups is 2. The molecule has 5 nitrogen and oxygen atoms in total. The number of carboxylic acids is 1. The molecule has 18 heavy (non-hydrogen) atoms. The van der Waals surface area contributed by atoms with E-state index in [-0.39, 0.29) is 11.5 Å². The maximum absolute atomic E-state index is 12.2. The third-order valence-corrected chi connectivity index (χ3v) is 3.21. The first-order chi connectivity index (χ1) is 8.33. The second-order valence-corrected chi connectivity index (χ2v) is 5.14. The van der Waals surface area contributed by atoms with Crippen molar-refractivity contribution in [3.63, 3.8) is 0 Å². The van der Waals surface area contributed by atoms with Gasteiger partial charge in [-0.2, -0.15) is 0 Å². The number of carbonyl (C=O) groups excluding carboxylic acids is 1. The molecule has 0 saturated carbocycles. The smallest absolute Gasteiger partial charge is 0.335 e. The molecule has 0 bridgehead atoms. The van der Waals surface area contributed by atoms with Crippen LogP contribution in [-0.4, -0.2) is 30.6 Å². The van der Waals surface area contributed by atoms with Crippen molar-refractivity contribution in [3.05, 3.63) is 23.8 Å². The Balaban J connectivity index is 2.50. The fourth-order valence-electron chi connectivity index (χ4n) is 2.06. The van der Waals surface area contributed by atoms with Crippen LogP contribution in [0, 0.1) is 5.41 Å². The maximum atomic E-state index is 12.2. The van der Waals surface area contributed by atoms with Gasteiger partial charge >= 0.3 is 5.97 Å². The van der Waals surface area contributed by atoms with Gasteiger partial charge in [-0.25, -0.2) is 4.79 Å². The van der Waals surface area contributed by atoms with E-state index in [2.05, 4.69) is 5.32 Å². The first-order valence-electron chi connectivity index (χ1n) is 5.72. The Bertz CT molecular complexity index is 523. The standard InChI is InChI=1S/C13H16N2O3/c1-13(2)7-14-9-6-8(11(16)17)4-5-10(9)15(3)12(13)18/h4-6,14H,7H2,1-3H3,(H,16,17). The Kier molecular flexibility index (Phi) is 2.77. The number of hydrogen-bond acceptors (Lipinski definition) is 3. The molecule has 1 heterocycles. The van der Waals surface area contributed by atoms with Crippen molar-refractivity contribution in [1.29, 1.82) is 0 Å². The molecular formula is C13H16N2O3. The van der Waals surface area contributed by atoms with E-state index in [1.54, 1.807) is 24.1 Å². The molecular weight excluding hydrogens is 232 g/mol. The Hall–Kier alpha value is -2.04. The monoisotopic (exact) mass is 248 g/mol. The summed E-state index contributed by atoms with van der Waals surface area (Å²) in [5, 5.41) is 12.1. The topological polar surface area (TPSA) is 69.6 Å². The van der Waals surface area contributed by atoms with E-state index in [1.165, 1.54) is 6.07 Å². The van der Waals surface area contributed by atoms with Crippen molar-refractivity contribution in [2.75, 3.05) is 23.8 Å². The molecule has 0 saturated heterocycles. The summed E-state index contributed by atoms with van der Waals surface area (Å²) in [6.45, 7) is 4.21. The lowest BCUT2D eigenvalue weighted by Gasteiger charge is -2.25. The predicted molar refractivity (Wildman–Crippen MR) is 69.1 cm³/mol. The van der Waals surface area contributed by atoms with Crippen molar-refractivity contribution in [2.24, 2.45) is 5.41 Å². The van der Waals surface area contributed by atoms with Crippen LogP contribution in [0.3, 0.4) is 0 Å². The van der Waals surface area contributed by atoms with Crippen molar-refractivity contribution in [1.82, 2.24) is 0 Å². The molecule has 1 aromatic carbocycles. The summed E-state index contributed by atoms with van der Waals surface area (Å²) in [4.78, 5) is 24.7. The zero-order valence-corrected chi connectivity index (χ0v) is 10.7. The largest absolute Gasteiger partial charge is 0.478 e. The summed E-state index contributed by atoms with van der Waals surface area (Å²) in [5.74, 6) is -0.964. The fourth-order valence-corrected chi connectivity index (χ4v) is 2.06. The van der Waals surface area contributed by atoms with E-state index < -0.39 is 11.4 Å². The van der Waals surface area contributed by atoms with Gasteiger partial charge in [0.15, 0.2) is 0 Å². The number of rotatable bonds is 1. The number of nitrogens with zero attached hydrogens (tertiary/aromatic N) is 1. The molecule has 1 aliphatic rings. The van der Waals surface area contributed by atoms with E-state index in [4.69, 9.17) is 5.11 Å². The first kappa shape index (κ1) is 12.4. The van der Waals surface area contributed by atoms with Gasteiger partial charge in [-0.05, 0) is 32.0 Å². The SMILES string of the molecule is CN1C(=O)C(C)(C)CNc2cc(C(=O)O)ccc21. The summed E-state index contributed by atoms with van der Waals surface area (Å²) < 4.78 is 0. The van der Waals surface area contributed by atoms with Crippen LogP contribution in [0.2, 0.25) is 0 Å². The lowest BCUT2D eigenvalue weighted by molar-refractivity contribution is -0.125. The van der Waals surface area contributed by atoms with Gasteiger partial charge < -0.3 is 15.3 Å². The number of amides is 1. The van der Waals surface area contributed by atoms with Crippen LogP contribution in [0.4, 0.5) is 11.4 Å². The molecule has 96 valence electrons. The molecule has 0 fully saturated rings. The van der Waals surface area contributed by atoms with E-state index in [1.807, 2.05) is 13.8 Å². The Morgan fingerprint density at radius 1 is 1.44 bits per heavy atom. The third kappa shape index (κ3) is 1.92. The highest BCUT2D eigenvalue weighted by Crippen LogP contribution is 2.34. The molecule has 0 aliphatic carbocycles. The number of hydrogen-bond donors (Lipinski definition) is 2. The Labute approximate surface area is 105 Å². The van der Waals surface area contributed by atoms with Gasteiger partial charge in [0.05, 0.1) is 22.4 Å². The summed E-state index contributed by atoms with van der Waals surface area (Å²) in [6, 6.07) is 4.72. The minimum Gasteiger partial charge on any atom is -0.478 e. The van der Waals surface area contributed by atoms with Crippen molar-refractivity contribution < 1.29 is 14.7 Å². The first-order valence-corrected chi connectivity index (χ1v) is 5.72. The van der Waals surface area contributed by atoms with Crippen LogP contribution in [0.25, 0.3) is 0 Å². The Morgan fingerprint density at radius 2 is 2.11 bits per heavy atom. The van der Waals surface area contributed by atoms with Gasteiger partial charge in [-0.3, -0.25) is 4.79 Å². The molecule has 2 rings (SSSR count). The second kappa shape index (κ2) is 4.01. The number of carboxylic acid groups (broad SMARTS) is 1. The molecule has 5 heteroatoms. The number of nitrogens with one attached hydrogen (secondary N) is 1. The van der Waals surface area contributed by atoms with E-state index >= 15 is 0 Å². The van der Waals surface area contributed by atoms with Gasteiger partial charge in [0.25, 0.3) is 0 Å². The highest BCUT2D eigenvalue weighted by atomic mass is 16.4. The fraction of sp³-hybridized carbons (Fsp3) is 0.385. The van der Waals surface area contributed by atoms with Crippen LogP contribution >= 0.6 is 0 Å². The van der Waals surface area contributed by atoms with Crippen molar-refractivity contribution in [2.45, 2.75) is 13.8 Å². The Morgan fingerprint density at radius 3 is 2.72 bits per heavy atom. The summed E-state index contributed by atoms with van der Waals surface area (Å²) in [6.07, 6.45) is 0. The molecule has 1 aliphatic heterocycles. The maximum Gasteiger partial charge on any atom is 0.335 e. The van der Waals surface area contributed by atoms with E-state index in [0.29, 0.717) is 17.9 Å². The second-order valence-electron chi connectivity index (χ2n) is 5.14. The van der Waals surface area contributed by atoms with Gasteiger partial charge in [-0.15, -0.1) is 0 Å². The van der Waals surface area contributed by atoms with Gasteiger partial charge in [0.2, 0.25) is 5.91 Å². The average molecular weight is 248 g/mol. The zero-order valence-electron chi connectivity index (χ0n) is 10.7. The van der Waals surface area contributed by atoms with Crippen LogP contribution in [-0.2, 0) is 4.79 Å². The summed E-state index contributed by atoms with van der Waals surface area (Å²) >= 11 is 0. The molecule has 0 spiro atoms. The third-order valence-electron chi connectivity index (χ3n) is 3.21. The summed E-state index contributed by atoms with van der Waals surface area (Å²) in [7, 11) is 1.70. The molecule has 0 unspecified atom stereocenters. The minimum absolute atomic E-state index is 0.0109. The normalized spacial score (nSPS) is 17.7. The molecule has 0 radical (unpaired) electrons. The van der Waals surface area contributed by atoms with E-state index in [9.17, 15) is 9.59 Å². The van der Waals surface area contributed by atoms with Gasteiger partial charge in [-0.1, -0.05) is 0 Å². The highest BCUT2D eigenvalue weighted by Gasteiger charge is 2.34. The van der Waals surface area contributed by atoms with Crippen LogP contribution in [0.1, 0.15) is 24.2 Å². The molecule has 2 N–H and O–H groups in total. The number of benzene rings is 1.